The average Bonchev–Trinajstić information content (AvgIpc) is 2.67. The minimum atomic E-state index is -3.39. The second kappa shape index (κ2) is 6.09. The van der Waals surface area contributed by atoms with Gasteiger partial charge in [0.2, 0.25) is 0 Å². The fourth-order valence-corrected chi connectivity index (χ4v) is 3.50. The first-order chi connectivity index (χ1) is 12.5. The van der Waals surface area contributed by atoms with Gasteiger partial charge in [-0.3, -0.25) is 4.79 Å². The molecule has 1 aliphatic heterocycles. The van der Waals surface area contributed by atoms with E-state index in [-0.39, 0.29) is 6.54 Å². The monoisotopic (exact) mass is 353 g/mol. The number of alkyl halides is 2. The Kier molecular flexibility index (Phi) is 3.87. The summed E-state index contributed by atoms with van der Waals surface area (Å²) in [7, 11) is 1.56. The smallest absolute Gasteiger partial charge is 0.348 e. The molecule has 26 heavy (non-hydrogen) atoms. The van der Waals surface area contributed by atoms with Gasteiger partial charge in [0, 0.05) is 6.54 Å². The lowest BCUT2D eigenvalue weighted by Gasteiger charge is -2.47. The summed E-state index contributed by atoms with van der Waals surface area (Å²) < 4.78 is 34.0. The highest BCUT2D eigenvalue weighted by molar-refractivity contribution is 5.95. The summed E-state index contributed by atoms with van der Waals surface area (Å²) in [4.78, 5) is 13.3. The molecule has 0 aromatic heterocycles. The topological polar surface area (TPSA) is 29.5 Å². The zero-order valence-corrected chi connectivity index (χ0v) is 14.2. The van der Waals surface area contributed by atoms with Crippen molar-refractivity contribution in [3.63, 3.8) is 0 Å². The summed E-state index contributed by atoms with van der Waals surface area (Å²) in [6.45, 7) is 0.131. The van der Waals surface area contributed by atoms with Crippen LogP contribution >= 0.6 is 0 Å². The first kappa shape index (κ1) is 16.5. The Morgan fingerprint density at radius 3 is 2.42 bits per heavy atom. The zero-order chi connectivity index (χ0) is 18.3. The number of amides is 1. The summed E-state index contributed by atoms with van der Waals surface area (Å²) in [5, 5.41) is 1.62. The van der Waals surface area contributed by atoms with E-state index in [4.69, 9.17) is 4.74 Å². The molecule has 5 heteroatoms. The predicted molar refractivity (Wildman–Crippen MR) is 95.2 cm³/mol. The van der Waals surface area contributed by atoms with Crippen LogP contribution in [0.3, 0.4) is 0 Å². The number of halogens is 2. The number of hydrogen-bond donors (Lipinski definition) is 0. The molecule has 1 saturated heterocycles. The normalized spacial score (nSPS) is 18.7. The van der Waals surface area contributed by atoms with E-state index in [0.29, 0.717) is 11.3 Å². The van der Waals surface area contributed by atoms with Gasteiger partial charge in [-0.25, -0.2) is 0 Å². The van der Waals surface area contributed by atoms with Crippen molar-refractivity contribution in [2.45, 2.75) is 18.5 Å². The van der Waals surface area contributed by atoms with Gasteiger partial charge in [-0.05, 0) is 34.0 Å². The van der Waals surface area contributed by atoms with Crippen molar-refractivity contribution in [2.24, 2.45) is 0 Å². The molecular weight excluding hydrogens is 336 g/mol. The average molecular weight is 353 g/mol. The van der Waals surface area contributed by atoms with Crippen molar-refractivity contribution >= 4 is 16.7 Å². The summed E-state index contributed by atoms with van der Waals surface area (Å²) in [6.07, 6.45) is 0. The molecule has 0 saturated carbocycles. The Hall–Kier alpha value is -2.95. The Morgan fingerprint density at radius 1 is 1.00 bits per heavy atom. The van der Waals surface area contributed by atoms with Gasteiger partial charge in [-0.15, -0.1) is 0 Å². The molecule has 3 nitrogen and oxygen atoms in total. The Labute approximate surface area is 149 Å². The number of nitrogens with zero attached hydrogens (tertiary/aromatic N) is 1. The molecule has 0 spiro atoms. The van der Waals surface area contributed by atoms with E-state index in [0.717, 1.165) is 16.3 Å². The van der Waals surface area contributed by atoms with Crippen LogP contribution in [0.4, 0.5) is 8.78 Å². The van der Waals surface area contributed by atoms with Crippen molar-refractivity contribution in [3.8, 4) is 5.75 Å². The summed E-state index contributed by atoms with van der Waals surface area (Å²) in [6, 6.07) is 18.5. The van der Waals surface area contributed by atoms with Crippen LogP contribution in [-0.2, 0) is 11.3 Å². The fraction of sp³-hybridized carbons (Fsp3) is 0.190. The molecular formula is C21H17F2NO2. The van der Waals surface area contributed by atoms with Crippen LogP contribution in [0.1, 0.15) is 17.2 Å². The molecule has 0 unspecified atom stereocenters. The number of benzene rings is 3. The van der Waals surface area contributed by atoms with E-state index in [1.165, 1.54) is 4.90 Å². The third-order valence-electron chi connectivity index (χ3n) is 4.83. The molecule has 4 rings (SSSR count). The van der Waals surface area contributed by atoms with E-state index in [2.05, 4.69) is 0 Å². The number of carbonyl (C=O) groups excluding carboxylic acids is 1. The van der Waals surface area contributed by atoms with E-state index in [1.54, 1.807) is 43.5 Å². The number of methoxy groups -OCH3 is 1. The van der Waals surface area contributed by atoms with Crippen molar-refractivity contribution in [2.75, 3.05) is 7.11 Å². The Balaban J connectivity index is 1.71. The van der Waals surface area contributed by atoms with Crippen LogP contribution in [-0.4, -0.2) is 23.8 Å². The molecule has 1 fully saturated rings. The van der Waals surface area contributed by atoms with Gasteiger partial charge >= 0.3 is 5.92 Å². The highest BCUT2D eigenvalue weighted by Crippen LogP contribution is 2.49. The minimum absolute atomic E-state index is 0.131. The van der Waals surface area contributed by atoms with Crippen molar-refractivity contribution in [3.05, 3.63) is 77.9 Å². The maximum absolute atomic E-state index is 14.5. The van der Waals surface area contributed by atoms with Crippen LogP contribution < -0.4 is 4.74 Å². The summed E-state index contributed by atoms with van der Waals surface area (Å²) >= 11 is 0. The van der Waals surface area contributed by atoms with Crippen LogP contribution in [0.15, 0.2) is 66.7 Å². The molecule has 0 N–H and O–H groups in total. The predicted octanol–water partition coefficient (Wildman–Crippen LogP) is 4.57. The van der Waals surface area contributed by atoms with Gasteiger partial charge < -0.3 is 9.64 Å². The lowest BCUT2D eigenvalue weighted by Crippen LogP contribution is -2.63. The van der Waals surface area contributed by atoms with E-state index in [9.17, 15) is 13.6 Å². The van der Waals surface area contributed by atoms with Gasteiger partial charge in [0.25, 0.3) is 5.91 Å². The van der Waals surface area contributed by atoms with Crippen molar-refractivity contribution in [1.82, 2.24) is 4.90 Å². The van der Waals surface area contributed by atoms with Gasteiger partial charge in [-0.1, -0.05) is 54.6 Å². The van der Waals surface area contributed by atoms with Crippen LogP contribution in [0.25, 0.3) is 10.8 Å². The lowest BCUT2D eigenvalue weighted by atomic mass is 9.86. The second-order valence-corrected chi connectivity index (χ2v) is 6.38. The van der Waals surface area contributed by atoms with Crippen molar-refractivity contribution < 1.29 is 18.3 Å². The van der Waals surface area contributed by atoms with Crippen molar-refractivity contribution in [1.29, 1.82) is 0 Å². The SMILES string of the molecule is COc1ccc(CN2C(=O)C(F)(F)[C@@H]2c2cccc3ccccc23)cc1. The number of ether oxygens (including phenoxy) is 1. The Morgan fingerprint density at radius 2 is 1.69 bits per heavy atom. The number of fused-ring (bicyclic) bond motifs is 1. The first-order valence-electron chi connectivity index (χ1n) is 8.32. The summed E-state index contributed by atoms with van der Waals surface area (Å²) in [5.74, 6) is -3.85. The number of hydrogen-bond acceptors (Lipinski definition) is 2. The zero-order valence-electron chi connectivity index (χ0n) is 14.2. The van der Waals surface area contributed by atoms with E-state index in [1.807, 2.05) is 30.3 Å². The number of rotatable bonds is 4. The number of likely N-dealkylation sites (tertiary alicyclic amines) is 1. The maximum Gasteiger partial charge on any atom is 0.348 e. The molecule has 3 aromatic carbocycles. The molecule has 1 heterocycles. The Bertz CT molecular complexity index is 964. The van der Waals surface area contributed by atoms with Crippen LogP contribution in [0.2, 0.25) is 0 Å². The van der Waals surface area contributed by atoms with Gasteiger partial charge in [0.05, 0.1) is 7.11 Å². The largest absolute Gasteiger partial charge is 0.497 e. The molecule has 1 amide bonds. The van der Waals surface area contributed by atoms with Crippen LogP contribution in [0, 0.1) is 0 Å². The number of carbonyl (C=O) groups is 1. The maximum atomic E-state index is 14.5. The molecule has 132 valence electrons. The second-order valence-electron chi connectivity index (χ2n) is 6.38. The van der Waals surface area contributed by atoms with Crippen LogP contribution in [0.5, 0.6) is 5.75 Å². The number of β-lactam (4-membered cyclic amide) rings is 1. The van der Waals surface area contributed by atoms with E-state index >= 15 is 0 Å². The van der Waals surface area contributed by atoms with Gasteiger partial charge in [0.1, 0.15) is 11.8 Å². The quantitative estimate of drug-likeness (QED) is 0.643. The molecule has 1 aliphatic rings. The first-order valence-corrected chi connectivity index (χ1v) is 8.32. The third-order valence-corrected chi connectivity index (χ3v) is 4.83. The highest BCUT2D eigenvalue weighted by atomic mass is 19.3. The summed E-state index contributed by atoms with van der Waals surface area (Å²) in [5.41, 5.74) is 1.25. The molecule has 0 radical (unpaired) electrons. The minimum Gasteiger partial charge on any atom is -0.497 e. The fourth-order valence-electron chi connectivity index (χ4n) is 3.50. The lowest BCUT2D eigenvalue weighted by molar-refractivity contribution is -0.207. The standard InChI is InChI=1S/C21H17F2NO2/c1-26-16-11-9-14(10-12-16)13-24-19(21(22,23)20(24)25)18-8-4-6-15-5-2-3-7-17(15)18/h2-12,19H,13H2,1H3/t19-/m0/s1. The molecule has 1 atom stereocenters. The van der Waals surface area contributed by atoms with Gasteiger partial charge in [-0.2, -0.15) is 8.78 Å². The van der Waals surface area contributed by atoms with Gasteiger partial charge in [0.15, 0.2) is 0 Å². The molecule has 0 bridgehead atoms. The highest BCUT2D eigenvalue weighted by Gasteiger charge is 2.64. The van der Waals surface area contributed by atoms with E-state index < -0.39 is 17.9 Å². The molecule has 3 aromatic rings. The molecule has 0 aliphatic carbocycles. The third kappa shape index (κ3) is 2.51.